The number of benzene rings is 2. The number of phenols is 1. The van der Waals surface area contributed by atoms with Crippen LogP contribution in [0, 0.1) is 0 Å². The van der Waals surface area contributed by atoms with Crippen molar-refractivity contribution in [3.8, 4) is 11.5 Å². The summed E-state index contributed by atoms with van der Waals surface area (Å²) in [5.41, 5.74) is 1.21. The zero-order valence-electron chi connectivity index (χ0n) is 15.2. The molecule has 1 atom stereocenters. The Kier molecular flexibility index (Phi) is 5.45. The van der Waals surface area contributed by atoms with E-state index in [2.05, 4.69) is 5.32 Å². The molecule has 0 radical (unpaired) electrons. The van der Waals surface area contributed by atoms with E-state index in [1.54, 1.807) is 23.7 Å². The molecule has 3 aromatic rings. The molecule has 0 saturated carbocycles. The van der Waals surface area contributed by atoms with Crippen LogP contribution in [0.4, 0.5) is 0 Å². The summed E-state index contributed by atoms with van der Waals surface area (Å²) >= 11 is 1.55. The number of aromatic nitrogens is 1. The quantitative estimate of drug-likeness (QED) is 0.612. The molecule has 0 fully saturated rings. The maximum absolute atomic E-state index is 12.3. The Morgan fingerprint density at radius 2 is 2.11 bits per heavy atom. The van der Waals surface area contributed by atoms with Crippen molar-refractivity contribution in [3.63, 3.8) is 0 Å². The van der Waals surface area contributed by atoms with Crippen LogP contribution in [0.5, 0.6) is 11.5 Å². The molecule has 2 N–H and O–H groups in total. The maximum Gasteiger partial charge on any atom is 0.268 e. The van der Waals surface area contributed by atoms with Crippen LogP contribution >= 0.6 is 11.5 Å². The average molecular weight is 385 g/mol. The van der Waals surface area contributed by atoms with Crippen molar-refractivity contribution in [3.05, 3.63) is 58.4 Å². The predicted molar refractivity (Wildman–Crippen MR) is 109 cm³/mol. The number of nitrogens with zero attached hydrogens (tertiary/aromatic N) is 1. The van der Waals surface area contributed by atoms with Gasteiger partial charge in [0.2, 0.25) is 0 Å². The summed E-state index contributed by atoms with van der Waals surface area (Å²) in [7, 11) is 0. The van der Waals surface area contributed by atoms with Gasteiger partial charge in [0.1, 0.15) is 17.6 Å². The van der Waals surface area contributed by atoms with Crippen LogP contribution in [0.15, 0.2) is 47.3 Å². The zero-order chi connectivity index (χ0) is 18.6. The van der Waals surface area contributed by atoms with Gasteiger partial charge in [0.05, 0.1) is 10.1 Å². The third kappa shape index (κ3) is 4.17. The zero-order valence-corrected chi connectivity index (χ0v) is 16.0. The number of rotatable bonds is 7. The van der Waals surface area contributed by atoms with Gasteiger partial charge < -0.3 is 15.2 Å². The van der Waals surface area contributed by atoms with Crippen molar-refractivity contribution in [2.45, 2.75) is 38.3 Å². The average Bonchev–Trinajstić information content (AvgIpc) is 3.00. The van der Waals surface area contributed by atoms with E-state index in [0.29, 0.717) is 5.75 Å². The molecule has 2 heterocycles. The van der Waals surface area contributed by atoms with Gasteiger partial charge in [-0.2, -0.15) is 0 Å². The summed E-state index contributed by atoms with van der Waals surface area (Å²) in [5.74, 6) is 1.18. The number of hydrogen-bond donors (Lipinski definition) is 2. The van der Waals surface area contributed by atoms with Gasteiger partial charge in [-0.1, -0.05) is 23.7 Å². The Labute approximate surface area is 162 Å². The van der Waals surface area contributed by atoms with Crippen LogP contribution in [-0.4, -0.2) is 28.3 Å². The molecule has 0 unspecified atom stereocenters. The molecular weight excluding hydrogens is 360 g/mol. The minimum atomic E-state index is 0.129. The summed E-state index contributed by atoms with van der Waals surface area (Å²) in [6, 6.07) is 13.1. The van der Waals surface area contributed by atoms with Gasteiger partial charge >= 0.3 is 0 Å². The van der Waals surface area contributed by atoms with Gasteiger partial charge in [-0.05, 0) is 68.1 Å². The fourth-order valence-electron chi connectivity index (χ4n) is 3.51. The van der Waals surface area contributed by atoms with E-state index in [-0.39, 0.29) is 11.7 Å². The first kappa shape index (κ1) is 18.1. The van der Waals surface area contributed by atoms with Gasteiger partial charge in [0.25, 0.3) is 5.56 Å². The fourth-order valence-corrected chi connectivity index (χ4v) is 4.54. The lowest BCUT2D eigenvalue weighted by Gasteiger charge is -2.26. The monoisotopic (exact) mass is 384 g/mol. The SMILES string of the molecule is O=c1c2ccccc2sn1CCCCNC[C@H]1CCc2cc(O)ccc2O1. The Morgan fingerprint density at radius 1 is 1.22 bits per heavy atom. The molecule has 0 saturated heterocycles. The smallest absolute Gasteiger partial charge is 0.268 e. The Morgan fingerprint density at radius 3 is 3.00 bits per heavy atom. The van der Waals surface area contributed by atoms with E-state index in [1.807, 2.05) is 34.3 Å². The lowest BCUT2D eigenvalue weighted by molar-refractivity contribution is 0.170. The number of ether oxygens (including phenoxy) is 1. The fraction of sp³-hybridized carbons (Fsp3) is 0.381. The number of aromatic hydroxyl groups is 1. The topological polar surface area (TPSA) is 63.5 Å². The van der Waals surface area contributed by atoms with Crippen molar-refractivity contribution in [1.82, 2.24) is 9.27 Å². The molecule has 0 bridgehead atoms. The summed E-state index contributed by atoms with van der Waals surface area (Å²) in [5, 5.41) is 13.8. The van der Waals surface area contributed by atoms with Crippen molar-refractivity contribution in [2.75, 3.05) is 13.1 Å². The lowest BCUT2D eigenvalue weighted by Crippen LogP contribution is -2.34. The molecule has 27 heavy (non-hydrogen) atoms. The van der Waals surface area contributed by atoms with Gasteiger partial charge in [0, 0.05) is 13.1 Å². The molecule has 0 amide bonds. The summed E-state index contributed by atoms with van der Waals surface area (Å²) in [4.78, 5) is 12.3. The van der Waals surface area contributed by atoms with Gasteiger partial charge in [-0.3, -0.25) is 8.75 Å². The van der Waals surface area contributed by atoms with Crippen LogP contribution in [-0.2, 0) is 13.0 Å². The van der Waals surface area contributed by atoms with Crippen LogP contribution in [0.3, 0.4) is 0 Å². The third-order valence-electron chi connectivity index (χ3n) is 4.96. The van der Waals surface area contributed by atoms with Crippen molar-refractivity contribution < 1.29 is 9.84 Å². The highest BCUT2D eigenvalue weighted by atomic mass is 32.1. The molecule has 1 aliphatic rings. The first-order chi connectivity index (χ1) is 13.2. The molecule has 5 nitrogen and oxygen atoms in total. The molecule has 0 spiro atoms. The normalized spacial score (nSPS) is 16.2. The van der Waals surface area contributed by atoms with Crippen LogP contribution < -0.4 is 15.6 Å². The number of phenolic OH excluding ortho intramolecular Hbond substituents is 1. The second-order valence-corrected chi connectivity index (χ2v) is 8.04. The molecular formula is C21H24N2O3S. The van der Waals surface area contributed by atoms with E-state index >= 15 is 0 Å². The first-order valence-corrected chi connectivity index (χ1v) is 10.3. The number of aryl methyl sites for hydroxylation is 2. The first-order valence-electron chi connectivity index (χ1n) is 9.49. The minimum Gasteiger partial charge on any atom is -0.508 e. The van der Waals surface area contributed by atoms with Crippen LogP contribution in [0.2, 0.25) is 0 Å². The molecule has 142 valence electrons. The summed E-state index contributed by atoms with van der Waals surface area (Å²) in [6.45, 7) is 2.52. The highest BCUT2D eigenvalue weighted by molar-refractivity contribution is 7.13. The van der Waals surface area contributed by atoms with Crippen LogP contribution in [0.25, 0.3) is 10.1 Å². The maximum atomic E-state index is 12.3. The van der Waals surface area contributed by atoms with Crippen LogP contribution in [0.1, 0.15) is 24.8 Å². The van der Waals surface area contributed by atoms with Gasteiger partial charge in [-0.25, -0.2) is 0 Å². The second kappa shape index (κ2) is 8.15. The molecule has 2 aromatic carbocycles. The minimum absolute atomic E-state index is 0.129. The van der Waals surface area contributed by atoms with Gasteiger partial charge in [-0.15, -0.1) is 0 Å². The molecule has 0 aliphatic carbocycles. The van der Waals surface area contributed by atoms with E-state index in [1.165, 1.54) is 0 Å². The summed E-state index contributed by atoms with van der Waals surface area (Å²) < 4.78 is 8.92. The van der Waals surface area contributed by atoms with E-state index in [0.717, 1.165) is 66.7 Å². The lowest BCUT2D eigenvalue weighted by atomic mass is 10.0. The predicted octanol–water partition coefficient (Wildman–Crippen LogP) is 3.53. The molecule has 1 aromatic heterocycles. The molecule has 1 aliphatic heterocycles. The van der Waals surface area contributed by atoms with Crippen molar-refractivity contribution in [2.24, 2.45) is 0 Å². The van der Waals surface area contributed by atoms with Gasteiger partial charge in [0.15, 0.2) is 0 Å². The van der Waals surface area contributed by atoms with Crippen molar-refractivity contribution in [1.29, 1.82) is 0 Å². The van der Waals surface area contributed by atoms with E-state index in [9.17, 15) is 9.90 Å². The summed E-state index contributed by atoms with van der Waals surface area (Å²) in [6.07, 6.45) is 4.07. The number of nitrogens with one attached hydrogen (secondary N) is 1. The second-order valence-electron chi connectivity index (χ2n) is 6.98. The standard InChI is InChI=1S/C21H24N2O3S/c24-16-8-10-19-15(13-16)7-9-17(26-19)14-22-11-3-4-12-23-21(25)18-5-1-2-6-20(18)27-23/h1-2,5-6,8,10,13,17,22,24H,3-4,7,9,11-12,14H2/t17-/m1/s1. The number of fused-ring (bicyclic) bond motifs is 2. The number of hydrogen-bond acceptors (Lipinski definition) is 5. The largest absolute Gasteiger partial charge is 0.508 e. The van der Waals surface area contributed by atoms with E-state index in [4.69, 9.17) is 4.74 Å². The Bertz CT molecular complexity index is 979. The third-order valence-corrected chi connectivity index (χ3v) is 6.08. The molecule has 6 heteroatoms. The highest BCUT2D eigenvalue weighted by Gasteiger charge is 2.19. The van der Waals surface area contributed by atoms with E-state index < -0.39 is 0 Å². The molecule has 4 rings (SSSR count). The highest BCUT2D eigenvalue weighted by Crippen LogP contribution is 2.30. The Balaban J connectivity index is 1.18. The van der Waals surface area contributed by atoms with Crippen molar-refractivity contribution >= 4 is 21.6 Å². The number of unbranched alkanes of at least 4 members (excludes halogenated alkanes) is 1. The Hall–Kier alpha value is -2.31.